The molecule has 4 aliphatic carbocycles. The van der Waals surface area contributed by atoms with Gasteiger partial charge in [0.1, 0.15) is 54.9 Å². The van der Waals surface area contributed by atoms with E-state index in [0.29, 0.717) is 36.5 Å². The highest BCUT2D eigenvalue weighted by Gasteiger charge is 2.70. The minimum atomic E-state index is -1.66. The summed E-state index contributed by atoms with van der Waals surface area (Å²) >= 11 is 0. The second-order valence-electron chi connectivity index (χ2n) is 21.1. The Hall–Kier alpha value is -0.640. The molecule has 9 aliphatic rings. The lowest BCUT2D eigenvalue weighted by Crippen LogP contribution is -2.65. The van der Waals surface area contributed by atoms with E-state index in [9.17, 15) is 40.9 Å². The van der Waals surface area contributed by atoms with Gasteiger partial charge in [-0.1, -0.05) is 27.7 Å². The molecule has 9 fully saturated rings. The monoisotopic (exact) mass is 856 g/mol. The van der Waals surface area contributed by atoms with Crippen LogP contribution >= 0.6 is 0 Å². The molecule has 0 unspecified atom stereocenters. The van der Waals surface area contributed by atoms with Crippen molar-refractivity contribution in [3.05, 3.63) is 0 Å². The maximum absolute atomic E-state index is 11.4. The van der Waals surface area contributed by atoms with Gasteiger partial charge in [0.25, 0.3) is 0 Å². The molecule has 0 radical (unpaired) electrons. The molecule has 0 bridgehead atoms. The highest BCUT2D eigenvalue weighted by atomic mass is 16.8. The van der Waals surface area contributed by atoms with Crippen molar-refractivity contribution in [2.45, 2.75) is 209 Å². The van der Waals surface area contributed by atoms with Crippen molar-refractivity contribution in [1.82, 2.24) is 0 Å². The maximum Gasteiger partial charge on any atom is 0.187 e. The number of ether oxygens (including phenoxy) is 8. The van der Waals surface area contributed by atoms with Gasteiger partial charge in [-0.3, -0.25) is 0 Å². The number of fused-ring (bicyclic) bond motifs is 7. The molecule has 8 N–H and O–H groups in total. The third-order valence-corrected chi connectivity index (χ3v) is 17.9. The minimum absolute atomic E-state index is 0.0827. The lowest BCUT2D eigenvalue weighted by Gasteiger charge is -2.63. The SMILES string of the molecule is C[C@@H]1CC[C@@]2(OC1)O[C@H]1C[C@H]3[C@@H]4CC[C@@H]5C[C@@H](O[C@@H]6O[C@@H](C)[C@H](O)[C@@H](O)[C@H]6O)C[C@@H](O[C@@H]6OC[C@@H](O)[C@H](O)[C@H]6O[C@@H]6O[C@@H](C)[C@H](O)[C@@H](O)[C@H]6O)[C@]5(C)[C@H]4CC[C@]3(C)[C@H]1[C@@H]2C. The molecule has 60 heavy (non-hydrogen) atoms. The zero-order valence-corrected chi connectivity index (χ0v) is 36.0. The third-order valence-electron chi connectivity index (χ3n) is 17.9. The highest BCUT2D eigenvalue weighted by Crippen LogP contribution is 2.71. The quantitative estimate of drug-likeness (QED) is 0.174. The number of aliphatic hydroxyl groups is 8. The van der Waals surface area contributed by atoms with Crippen molar-refractivity contribution in [2.24, 2.45) is 52.3 Å². The van der Waals surface area contributed by atoms with Crippen LogP contribution in [0.4, 0.5) is 0 Å². The maximum atomic E-state index is 11.4. The van der Waals surface area contributed by atoms with Crippen molar-refractivity contribution in [2.75, 3.05) is 13.2 Å². The zero-order chi connectivity index (χ0) is 42.8. The first-order chi connectivity index (χ1) is 28.4. The Morgan fingerprint density at radius 3 is 1.92 bits per heavy atom. The minimum Gasteiger partial charge on any atom is -0.388 e. The molecule has 0 aromatic heterocycles. The van der Waals surface area contributed by atoms with Crippen LogP contribution in [-0.4, -0.2) is 164 Å². The predicted molar refractivity (Wildman–Crippen MR) is 208 cm³/mol. The Labute approximate surface area is 353 Å². The second-order valence-corrected chi connectivity index (χ2v) is 21.1. The van der Waals surface area contributed by atoms with Crippen molar-refractivity contribution in [1.29, 1.82) is 0 Å². The van der Waals surface area contributed by atoms with Crippen molar-refractivity contribution in [3.8, 4) is 0 Å². The van der Waals surface area contributed by atoms with Crippen LogP contribution in [0.1, 0.15) is 99.3 Å². The van der Waals surface area contributed by atoms with Crippen molar-refractivity contribution in [3.63, 3.8) is 0 Å². The van der Waals surface area contributed by atoms with Crippen LogP contribution in [0.3, 0.4) is 0 Å². The van der Waals surface area contributed by atoms with E-state index < -0.39 is 109 Å². The fourth-order valence-corrected chi connectivity index (χ4v) is 14.4. The first kappa shape index (κ1) is 44.6. The van der Waals surface area contributed by atoms with Crippen molar-refractivity contribution < 1.29 is 78.7 Å². The van der Waals surface area contributed by atoms with Crippen LogP contribution in [-0.2, 0) is 37.9 Å². The molecule has 0 aromatic carbocycles. The lowest BCUT2D eigenvalue weighted by molar-refractivity contribution is -0.369. The van der Waals surface area contributed by atoms with E-state index in [1.165, 1.54) is 6.92 Å². The number of hydrogen-bond donors (Lipinski definition) is 8. The Bertz CT molecular complexity index is 1520. The van der Waals surface area contributed by atoms with Gasteiger partial charge in [-0.05, 0) is 105 Å². The van der Waals surface area contributed by atoms with Crippen LogP contribution in [0.15, 0.2) is 0 Å². The van der Waals surface area contributed by atoms with Gasteiger partial charge in [-0.25, -0.2) is 0 Å². The summed E-state index contributed by atoms with van der Waals surface area (Å²) in [6.45, 7) is 13.1. The van der Waals surface area contributed by atoms with E-state index in [4.69, 9.17) is 37.9 Å². The summed E-state index contributed by atoms with van der Waals surface area (Å²) in [5, 5.41) is 86.0. The fraction of sp³-hybridized carbons (Fsp3) is 1.00. The average Bonchev–Trinajstić information content (AvgIpc) is 3.67. The molecule has 4 saturated carbocycles. The van der Waals surface area contributed by atoms with E-state index in [0.717, 1.165) is 51.6 Å². The topological polar surface area (TPSA) is 236 Å². The molecule has 344 valence electrons. The summed E-state index contributed by atoms with van der Waals surface area (Å²) in [6.07, 6.45) is -11.5. The van der Waals surface area contributed by atoms with Crippen molar-refractivity contribution >= 4 is 0 Å². The summed E-state index contributed by atoms with van der Waals surface area (Å²) < 4.78 is 51.1. The average molecular weight is 857 g/mol. The zero-order valence-electron chi connectivity index (χ0n) is 36.0. The smallest absolute Gasteiger partial charge is 0.187 e. The molecule has 9 rings (SSSR count). The molecule has 1 spiro atoms. The van der Waals surface area contributed by atoms with E-state index in [1.807, 2.05) is 0 Å². The van der Waals surface area contributed by atoms with Gasteiger partial charge >= 0.3 is 0 Å². The van der Waals surface area contributed by atoms with E-state index in [2.05, 4.69) is 27.7 Å². The fourth-order valence-electron chi connectivity index (χ4n) is 14.4. The molecule has 27 atom stereocenters. The first-order valence-electron chi connectivity index (χ1n) is 23.0. The van der Waals surface area contributed by atoms with Gasteiger partial charge in [0.2, 0.25) is 0 Å². The van der Waals surface area contributed by atoms with Crippen LogP contribution in [0.5, 0.6) is 0 Å². The molecule has 16 nitrogen and oxygen atoms in total. The number of hydrogen-bond acceptors (Lipinski definition) is 16. The molecule has 0 amide bonds. The molecule has 0 aromatic rings. The molecule has 5 saturated heterocycles. The van der Waals surface area contributed by atoms with Crippen LogP contribution < -0.4 is 0 Å². The molecule has 5 heterocycles. The van der Waals surface area contributed by atoms with Gasteiger partial charge in [0, 0.05) is 18.8 Å². The van der Waals surface area contributed by atoms with Gasteiger partial charge in [-0.2, -0.15) is 0 Å². The summed E-state index contributed by atoms with van der Waals surface area (Å²) in [4.78, 5) is 0. The number of rotatable bonds is 6. The second kappa shape index (κ2) is 16.4. The summed E-state index contributed by atoms with van der Waals surface area (Å²) in [5.41, 5.74) is -0.336. The summed E-state index contributed by atoms with van der Waals surface area (Å²) in [6, 6.07) is 0. The Kier molecular flexibility index (Phi) is 12.1. The standard InChI is InChI=1S/C44H72O16/c1-18-9-12-44(54-16-18)19(2)30-28(60-44)15-26-24-8-7-22-13-23(57-39-36(51)34(49)31(46)20(3)55-39)14-29(43(22,6)25(24)10-11-42(26,30)5)58-41-38(33(48)27(45)17-53-41)59-40-37(52)35(50)32(47)21(4)56-40/h18-41,45-52H,7-17H2,1-6H3/t18-,19+,20+,21+,22-,23-,24-,25+,26+,27-,28+,29-,30+,31+,32+,33+,34-,35-,36-,37-,38-,39+,40+,41+,42+,43+,44-/m1/s1. The van der Waals surface area contributed by atoms with E-state index in [1.54, 1.807) is 6.92 Å². The van der Waals surface area contributed by atoms with E-state index >= 15 is 0 Å². The molecule has 5 aliphatic heterocycles. The van der Waals surface area contributed by atoms with Gasteiger partial charge in [0.05, 0.1) is 43.7 Å². The summed E-state index contributed by atoms with van der Waals surface area (Å²) in [7, 11) is 0. The molecule has 16 heteroatoms. The predicted octanol–water partition coefficient (Wildman–Crippen LogP) is 0.932. The van der Waals surface area contributed by atoms with Crippen LogP contribution in [0.2, 0.25) is 0 Å². The third kappa shape index (κ3) is 7.09. The Morgan fingerprint density at radius 2 is 1.27 bits per heavy atom. The summed E-state index contributed by atoms with van der Waals surface area (Å²) in [5.74, 6) is 1.92. The van der Waals surface area contributed by atoms with Gasteiger partial charge in [-0.15, -0.1) is 0 Å². The Balaban J connectivity index is 0.998. The van der Waals surface area contributed by atoms with E-state index in [-0.39, 0.29) is 35.9 Å². The Morgan fingerprint density at radius 1 is 0.600 bits per heavy atom. The lowest BCUT2D eigenvalue weighted by atomic mass is 9.43. The van der Waals surface area contributed by atoms with Gasteiger partial charge in [0.15, 0.2) is 24.7 Å². The van der Waals surface area contributed by atoms with Gasteiger partial charge < -0.3 is 78.7 Å². The molecular weight excluding hydrogens is 784 g/mol. The van der Waals surface area contributed by atoms with Crippen LogP contribution in [0.25, 0.3) is 0 Å². The molecular formula is C44H72O16. The number of aliphatic hydroxyl groups excluding tert-OH is 8. The normalized spacial score (nSPS) is 60.5. The first-order valence-corrected chi connectivity index (χ1v) is 23.0. The largest absolute Gasteiger partial charge is 0.388 e. The van der Waals surface area contributed by atoms with Crippen LogP contribution in [0, 0.1) is 52.3 Å². The highest BCUT2D eigenvalue weighted by molar-refractivity contribution is 5.17.